The number of hydrogen-bond donors (Lipinski definition) is 2. The van der Waals surface area contributed by atoms with Crippen LogP contribution in [-0.4, -0.2) is 62.8 Å². The molecule has 0 radical (unpaired) electrons. The fourth-order valence-electron chi connectivity index (χ4n) is 3.20. The van der Waals surface area contributed by atoms with E-state index in [1.54, 1.807) is 0 Å². The van der Waals surface area contributed by atoms with Crippen molar-refractivity contribution in [3.63, 3.8) is 0 Å². The van der Waals surface area contributed by atoms with Crippen LogP contribution in [0.2, 0.25) is 0 Å². The van der Waals surface area contributed by atoms with Crippen molar-refractivity contribution in [1.82, 2.24) is 15.5 Å². The average Bonchev–Trinajstić information content (AvgIpc) is 2.97. The molecule has 0 saturated carbocycles. The van der Waals surface area contributed by atoms with E-state index in [9.17, 15) is 0 Å². The van der Waals surface area contributed by atoms with Crippen molar-refractivity contribution in [2.75, 3.05) is 39.8 Å². The van der Waals surface area contributed by atoms with Gasteiger partial charge in [0.25, 0.3) is 0 Å². The third kappa shape index (κ3) is 6.58. The van der Waals surface area contributed by atoms with Gasteiger partial charge in [0.2, 0.25) is 0 Å². The van der Waals surface area contributed by atoms with Crippen molar-refractivity contribution in [3.8, 4) is 0 Å². The van der Waals surface area contributed by atoms with E-state index in [0.717, 1.165) is 32.2 Å². The molecule has 0 amide bonds. The van der Waals surface area contributed by atoms with Gasteiger partial charge in [-0.3, -0.25) is 9.89 Å². The molecule has 0 spiro atoms. The Morgan fingerprint density at radius 2 is 2.14 bits per heavy atom. The van der Waals surface area contributed by atoms with Gasteiger partial charge in [0.05, 0.1) is 12.7 Å². The topological polar surface area (TPSA) is 48.9 Å². The third-order valence-corrected chi connectivity index (χ3v) is 4.51. The Balaban J connectivity index is 0.00000242. The first-order chi connectivity index (χ1) is 10.3. The van der Waals surface area contributed by atoms with Crippen LogP contribution in [0.1, 0.15) is 45.4 Å². The molecule has 2 aliphatic heterocycles. The van der Waals surface area contributed by atoms with Gasteiger partial charge in [0.15, 0.2) is 5.96 Å². The molecule has 2 aliphatic rings. The van der Waals surface area contributed by atoms with Crippen LogP contribution in [-0.2, 0) is 4.74 Å². The molecule has 2 heterocycles. The summed E-state index contributed by atoms with van der Waals surface area (Å²) in [6, 6.07) is 0.678. The molecule has 5 nitrogen and oxygen atoms in total. The van der Waals surface area contributed by atoms with Crippen molar-refractivity contribution in [2.24, 2.45) is 4.99 Å². The maximum Gasteiger partial charge on any atom is 0.191 e. The number of morpholine rings is 1. The van der Waals surface area contributed by atoms with Crippen LogP contribution in [0.5, 0.6) is 0 Å². The van der Waals surface area contributed by atoms with E-state index in [0.29, 0.717) is 6.04 Å². The second-order valence-electron chi connectivity index (χ2n) is 6.19. The van der Waals surface area contributed by atoms with Crippen LogP contribution >= 0.6 is 24.0 Å². The Morgan fingerprint density at radius 1 is 1.27 bits per heavy atom. The molecule has 0 aliphatic carbocycles. The highest BCUT2D eigenvalue weighted by Crippen LogP contribution is 2.22. The lowest BCUT2D eigenvalue weighted by Gasteiger charge is -2.35. The number of halogens is 1. The van der Waals surface area contributed by atoms with Crippen LogP contribution in [0.25, 0.3) is 0 Å². The van der Waals surface area contributed by atoms with Gasteiger partial charge in [-0.2, -0.15) is 0 Å². The molecule has 0 bridgehead atoms. The van der Waals surface area contributed by atoms with Gasteiger partial charge in [-0.25, -0.2) is 0 Å². The van der Waals surface area contributed by atoms with Gasteiger partial charge in [0, 0.05) is 32.7 Å². The molecular weight excluding hydrogens is 391 g/mol. The zero-order chi connectivity index (χ0) is 14.9. The smallest absolute Gasteiger partial charge is 0.191 e. The minimum atomic E-state index is 0. The van der Waals surface area contributed by atoms with Crippen LogP contribution < -0.4 is 10.6 Å². The maximum absolute atomic E-state index is 5.96. The summed E-state index contributed by atoms with van der Waals surface area (Å²) in [6.07, 6.45) is 8.03. The zero-order valence-corrected chi connectivity index (χ0v) is 16.5. The molecular formula is C16H33IN4O. The zero-order valence-electron chi connectivity index (χ0n) is 14.1. The normalized spacial score (nSPS) is 25.5. The number of guanidine groups is 1. The highest BCUT2D eigenvalue weighted by atomic mass is 127. The second kappa shape index (κ2) is 11.5. The van der Waals surface area contributed by atoms with Gasteiger partial charge in [-0.05, 0) is 25.8 Å². The predicted octanol–water partition coefficient (Wildman–Crippen LogP) is 2.21. The number of fused-ring (bicyclic) bond motifs is 1. The maximum atomic E-state index is 5.96. The van der Waals surface area contributed by atoms with Gasteiger partial charge >= 0.3 is 0 Å². The molecule has 2 unspecified atom stereocenters. The summed E-state index contributed by atoms with van der Waals surface area (Å²) in [6.45, 7) is 7.29. The van der Waals surface area contributed by atoms with Crippen molar-refractivity contribution < 1.29 is 4.74 Å². The number of ether oxygens (including phenoxy) is 1. The Bertz CT molecular complexity index is 327. The predicted molar refractivity (Wildman–Crippen MR) is 103 cm³/mol. The van der Waals surface area contributed by atoms with Crippen LogP contribution in [0.4, 0.5) is 0 Å². The molecule has 22 heavy (non-hydrogen) atoms. The molecule has 0 aromatic rings. The Labute approximate surface area is 152 Å². The standard InChI is InChI=1S/C16H32N4O.HI/c1-3-4-5-6-9-18-16(17-2)19-11-15-12-20-10-7-8-14(20)13-21-15;/h14-15H,3-13H2,1-2H3,(H2,17,18,19);1H. The van der Waals surface area contributed by atoms with E-state index in [1.165, 1.54) is 45.1 Å². The van der Waals surface area contributed by atoms with Gasteiger partial charge in [0.1, 0.15) is 0 Å². The summed E-state index contributed by atoms with van der Waals surface area (Å²) < 4.78 is 5.96. The Morgan fingerprint density at radius 3 is 2.91 bits per heavy atom. The first kappa shape index (κ1) is 20.0. The summed E-state index contributed by atoms with van der Waals surface area (Å²) in [7, 11) is 1.83. The summed E-state index contributed by atoms with van der Waals surface area (Å²) in [5, 5.41) is 6.78. The number of nitrogens with one attached hydrogen (secondary N) is 2. The molecule has 2 saturated heterocycles. The van der Waals surface area contributed by atoms with Crippen LogP contribution in [0.3, 0.4) is 0 Å². The number of hydrogen-bond acceptors (Lipinski definition) is 3. The number of nitrogens with zero attached hydrogens (tertiary/aromatic N) is 2. The van der Waals surface area contributed by atoms with E-state index in [1.807, 2.05) is 7.05 Å². The fourth-order valence-corrected chi connectivity index (χ4v) is 3.20. The molecule has 2 fully saturated rings. The average molecular weight is 424 g/mol. The summed E-state index contributed by atoms with van der Waals surface area (Å²) in [5.74, 6) is 0.902. The SMILES string of the molecule is CCCCCCNC(=NC)NCC1CN2CCCC2CO1.I. The van der Waals surface area contributed by atoms with Gasteiger partial charge < -0.3 is 15.4 Å². The lowest BCUT2D eigenvalue weighted by molar-refractivity contribution is -0.0453. The molecule has 2 rings (SSSR count). The van der Waals surface area contributed by atoms with Crippen molar-refractivity contribution in [1.29, 1.82) is 0 Å². The fraction of sp³-hybridized carbons (Fsp3) is 0.938. The van der Waals surface area contributed by atoms with E-state index in [2.05, 4.69) is 27.4 Å². The lowest BCUT2D eigenvalue weighted by Crippen LogP contribution is -2.51. The molecule has 0 aromatic carbocycles. The monoisotopic (exact) mass is 424 g/mol. The minimum absolute atomic E-state index is 0. The third-order valence-electron chi connectivity index (χ3n) is 4.51. The van der Waals surface area contributed by atoms with E-state index in [4.69, 9.17) is 4.74 Å². The summed E-state index contributed by atoms with van der Waals surface area (Å²) >= 11 is 0. The largest absolute Gasteiger partial charge is 0.373 e. The van der Waals surface area contributed by atoms with Crippen molar-refractivity contribution in [3.05, 3.63) is 0 Å². The highest BCUT2D eigenvalue weighted by molar-refractivity contribution is 14.0. The number of rotatable bonds is 7. The highest BCUT2D eigenvalue weighted by Gasteiger charge is 2.31. The van der Waals surface area contributed by atoms with E-state index >= 15 is 0 Å². The first-order valence-electron chi connectivity index (χ1n) is 8.63. The molecule has 2 atom stereocenters. The Kier molecular flexibility index (Phi) is 10.4. The molecule has 2 N–H and O–H groups in total. The number of aliphatic imine (C=N–C) groups is 1. The minimum Gasteiger partial charge on any atom is -0.373 e. The quantitative estimate of drug-likeness (QED) is 0.285. The molecule has 0 aromatic heterocycles. The van der Waals surface area contributed by atoms with E-state index in [-0.39, 0.29) is 30.1 Å². The summed E-state index contributed by atoms with van der Waals surface area (Å²) in [4.78, 5) is 6.86. The molecule has 6 heteroatoms. The van der Waals surface area contributed by atoms with E-state index < -0.39 is 0 Å². The van der Waals surface area contributed by atoms with Crippen molar-refractivity contribution >= 4 is 29.9 Å². The van der Waals surface area contributed by atoms with Gasteiger partial charge in [-0.15, -0.1) is 24.0 Å². The first-order valence-corrected chi connectivity index (χ1v) is 8.63. The Hall–Kier alpha value is -0.0800. The lowest BCUT2D eigenvalue weighted by atomic mass is 10.2. The van der Waals surface area contributed by atoms with Crippen LogP contribution in [0, 0.1) is 0 Å². The summed E-state index contributed by atoms with van der Waals surface area (Å²) in [5.41, 5.74) is 0. The molecule has 130 valence electrons. The van der Waals surface area contributed by atoms with Gasteiger partial charge in [-0.1, -0.05) is 26.2 Å². The van der Waals surface area contributed by atoms with Crippen molar-refractivity contribution in [2.45, 2.75) is 57.6 Å². The van der Waals surface area contributed by atoms with Crippen LogP contribution in [0.15, 0.2) is 4.99 Å². The second-order valence-corrected chi connectivity index (χ2v) is 6.19. The number of unbranched alkanes of at least 4 members (excludes halogenated alkanes) is 3.